The van der Waals surface area contributed by atoms with E-state index in [0.717, 1.165) is 68.3 Å². The zero-order chi connectivity index (χ0) is 25.6. The molecule has 6 rings (SSSR count). The molecule has 4 heterocycles. The van der Waals surface area contributed by atoms with Gasteiger partial charge in [0.05, 0.1) is 11.8 Å². The van der Waals surface area contributed by atoms with Gasteiger partial charge in [0.1, 0.15) is 5.69 Å². The van der Waals surface area contributed by atoms with Crippen molar-refractivity contribution in [1.82, 2.24) is 19.9 Å². The smallest absolute Gasteiger partial charge is 0.308 e. The van der Waals surface area contributed by atoms with Crippen molar-refractivity contribution in [3.05, 3.63) is 66.3 Å². The molecule has 8 heteroatoms. The van der Waals surface area contributed by atoms with Crippen molar-refractivity contribution in [2.75, 3.05) is 18.0 Å². The molecule has 3 fully saturated rings. The van der Waals surface area contributed by atoms with E-state index in [4.69, 9.17) is 9.97 Å². The summed E-state index contributed by atoms with van der Waals surface area (Å²) < 4.78 is 28.7. The molecular weight excluding hydrogens is 470 g/mol. The van der Waals surface area contributed by atoms with Crippen LogP contribution >= 0.6 is 0 Å². The van der Waals surface area contributed by atoms with Gasteiger partial charge < -0.3 is 4.90 Å². The Hall–Kier alpha value is -3.47. The minimum absolute atomic E-state index is 0.100. The summed E-state index contributed by atoms with van der Waals surface area (Å²) >= 11 is 0. The lowest BCUT2D eigenvalue weighted by atomic mass is 9.68. The lowest BCUT2D eigenvalue weighted by molar-refractivity contribution is 0.0465. The molecule has 1 saturated heterocycles. The van der Waals surface area contributed by atoms with Crippen LogP contribution in [0.25, 0.3) is 11.0 Å². The monoisotopic (exact) mass is 500 g/mol. The lowest BCUT2D eigenvalue weighted by Gasteiger charge is -2.38. The molecule has 1 aliphatic heterocycles. The van der Waals surface area contributed by atoms with Crippen LogP contribution in [-0.4, -0.2) is 33.0 Å². The summed E-state index contributed by atoms with van der Waals surface area (Å²) in [7, 11) is 0. The first-order valence-corrected chi connectivity index (χ1v) is 13.2. The van der Waals surface area contributed by atoms with Gasteiger partial charge in [-0.2, -0.15) is 19.0 Å². The third-order valence-corrected chi connectivity index (χ3v) is 8.82. The number of rotatable bonds is 8. The number of fused-ring (bicyclic) bond motifs is 2. The van der Waals surface area contributed by atoms with Crippen LogP contribution in [0.15, 0.2) is 49.3 Å². The van der Waals surface area contributed by atoms with Crippen LogP contribution in [0.2, 0.25) is 0 Å². The van der Waals surface area contributed by atoms with Crippen LogP contribution < -0.4 is 4.90 Å². The Kier molecular flexibility index (Phi) is 5.89. The molecule has 2 saturated carbocycles. The summed E-state index contributed by atoms with van der Waals surface area (Å²) in [5, 5.41) is 10.3. The molecule has 2 aliphatic carbocycles. The first-order chi connectivity index (χ1) is 17.9. The fourth-order valence-electron chi connectivity index (χ4n) is 6.60. The lowest BCUT2D eigenvalue weighted by Crippen LogP contribution is -2.35. The molecule has 3 atom stereocenters. The second-order valence-corrected chi connectivity index (χ2v) is 10.8. The molecule has 3 aliphatic rings. The Morgan fingerprint density at radius 3 is 2.68 bits per heavy atom. The van der Waals surface area contributed by atoms with Crippen molar-refractivity contribution in [3.63, 3.8) is 0 Å². The minimum Gasteiger partial charge on any atom is -0.341 e. The predicted molar refractivity (Wildman–Crippen MR) is 137 cm³/mol. The number of alkyl halides is 2. The fraction of sp³-hybridized carbons (Fsp3) is 0.483. The highest BCUT2D eigenvalue weighted by Gasteiger charge is 2.67. The molecule has 0 aromatic carbocycles. The van der Waals surface area contributed by atoms with Crippen molar-refractivity contribution in [2.24, 2.45) is 17.3 Å². The number of nitriles is 1. The van der Waals surface area contributed by atoms with Crippen LogP contribution in [0, 0.1) is 28.6 Å². The third-order valence-electron chi connectivity index (χ3n) is 8.82. The molecule has 190 valence electrons. The summed E-state index contributed by atoms with van der Waals surface area (Å²) in [6.45, 7) is 4.84. The maximum atomic E-state index is 14.3. The minimum atomic E-state index is -3.12. The van der Waals surface area contributed by atoms with E-state index in [1.165, 1.54) is 6.20 Å². The van der Waals surface area contributed by atoms with Gasteiger partial charge in [-0.05, 0) is 86.1 Å². The summed E-state index contributed by atoms with van der Waals surface area (Å²) in [6.07, 6.45) is 10.1. The van der Waals surface area contributed by atoms with Gasteiger partial charge in [0, 0.05) is 42.7 Å². The largest absolute Gasteiger partial charge is 0.341 e. The van der Waals surface area contributed by atoms with Crippen molar-refractivity contribution < 1.29 is 8.78 Å². The third kappa shape index (κ3) is 4.14. The maximum Gasteiger partial charge on any atom is 0.308 e. The maximum absolute atomic E-state index is 14.3. The van der Waals surface area contributed by atoms with E-state index in [-0.39, 0.29) is 17.0 Å². The van der Waals surface area contributed by atoms with Gasteiger partial charge in [-0.15, -0.1) is 0 Å². The molecule has 3 unspecified atom stereocenters. The average Bonchev–Trinajstić information content (AvgIpc) is 3.50. The van der Waals surface area contributed by atoms with Crippen molar-refractivity contribution in [3.8, 4) is 6.07 Å². The van der Waals surface area contributed by atoms with E-state index in [1.807, 2.05) is 6.07 Å². The Morgan fingerprint density at radius 1 is 1.16 bits per heavy atom. The summed E-state index contributed by atoms with van der Waals surface area (Å²) in [5.74, 6) is -1.31. The standard InChI is InChI=1S/C29H30F2N6/c1-2-29(30,31)25-20(7-4-12-33-25)6-3-11-28-17-21(28)16-23(28)24-22-8-5-13-34-26(22)36-27(35-24)37-14-9-19(18-32)10-15-37/h2,4-5,7-8,12-13,19,21,23H,1,3,6,9-11,14-17H2. The van der Waals surface area contributed by atoms with E-state index in [0.29, 0.717) is 35.8 Å². The van der Waals surface area contributed by atoms with E-state index in [1.54, 1.807) is 18.3 Å². The molecule has 0 N–H and O–H groups in total. The number of anilines is 1. The fourth-order valence-corrected chi connectivity index (χ4v) is 6.60. The molecule has 37 heavy (non-hydrogen) atoms. The SMILES string of the molecule is C=CC(F)(F)c1ncccc1CCCC12CC1CC2c1nc(N2CCC(C#N)CC2)nc2ncccc12. The molecule has 0 bridgehead atoms. The molecule has 3 aromatic heterocycles. The van der Waals surface area contributed by atoms with E-state index in [2.05, 4.69) is 33.6 Å². The molecule has 3 aromatic rings. The number of piperidine rings is 1. The van der Waals surface area contributed by atoms with Gasteiger partial charge in [0.25, 0.3) is 0 Å². The van der Waals surface area contributed by atoms with Gasteiger partial charge in [-0.25, -0.2) is 9.97 Å². The Morgan fingerprint density at radius 2 is 1.95 bits per heavy atom. The van der Waals surface area contributed by atoms with E-state index >= 15 is 0 Å². The zero-order valence-corrected chi connectivity index (χ0v) is 20.8. The number of aryl methyl sites for hydroxylation is 1. The summed E-state index contributed by atoms with van der Waals surface area (Å²) in [6, 6.07) is 9.87. The zero-order valence-electron chi connectivity index (χ0n) is 20.8. The Bertz CT molecular complexity index is 1380. The normalized spacial score (nSPS) is 25.3. The Labute approximate surface area is 215 Å². The number of hydrogen-bond donors (Lipinski definition) is 0. The Balaban J connectivity index is 1.23. The molecule has 0 spiro atoms. The number of hydrogen-bond acceptors (Lipinski definition) is 6. The highest BCUT2D eigenvalue weighted by molar-refractivity contribution is 5.79. The highest BCUT2D eigenvalue weighted by atomic mass is 19.3. The molecule has 0 amide bonds. The van der Waals surface area contributed by atoms with Crippen molar-refractivity contribution >= 4 is 17.0 Å². The summed E-state index contributed by atoms with van der Waals surface area (Å²) in [4.78, 5) is 20.6. The first kappa shape index (κ1) is 23.9. The van der Waals surface area contributed by atoms with Gasteiger partial charge in [-0.1, -0.05) is 12.6 Å². The van der Waals surface area contributed by atoms with E-state index in [9.17, 15) is 14.0 Å². The predicted octanol–water partition coefficient (Wildman–Crippen LogP) is 5.95. The average molecular weight is 501 g/mol. The molecular formula is C29H30F2N6. The second-order valence-electron chi connectivity index (χ2n) is 10.8. The van der Waals surface area contributed by atoms with Crippen LogP contribution in [0.1, 0.15) is 61.4 Å². The van der Waals surface area contributed by atoms with Gasteiger partial charge in [0.2, 0.25) is 5.95 Å². The second kappa shape index (κ2) is 9.13. The molecule has 6 nitrogen and oxygen atoms in total. The quantitative estimate of drug-likeness (QED) is 0.356. The van der Waals surface area contributed by atoms with Crippen molar-refractivity contribution in [1.29, 1.82) is 5.26 Å². The van der Waals surface area contributed by atoms with Crippen LogP contribution in [0.3, 0.4) is 0 Å². The number of halogens is 2. The number of allylic oxidation sites excluding steroid dienone is 1. The topological polar surface area (TPSA) is 78.6 Å². The van der Waals surface area contributed by atoms with Crippen LogP contribution in [0.4, 0.5) is 14.7 Å². The van der Waals surface area contributed by atoms with Gasteiger partial charge >= 0.3 is 5.92 Å². The number of nitrogens with zero attached hydrogens (tertiary/aromatic N) is 6. The number of pyridine rings is 2. The molecule has 0 radical (unpaired) electrons. The van der Waals surface area contributed by atoms with Crippen molar-refractivity contribution in [2.45, 2.75) is 56.8 Å². The van der Waals surface area contributed by atoms with E-state index < -0.39 is 5.92 Å². The van der Waals surface area contributed by atoms with Crippen LogP contribution in [0.5, 0.6) is 0 Å². The first-order valence-electron chi connectivity index (χ1n) is 13.2. The number of aromatic nitrogens is 4. The summed E-state index contributed by atoms with van der Waals surface area (Å²) in [5.41, 5.74) is 2.39. The van der Waals surface area contributed by atoms with Gasteiger partial charge in [0.15, 0.2) is 5.65 Å². The van der Waals surface area contributed by atoms with Gasteiger partial charge in [-0.3, -0.25) is 4.98 Å². The highest BCUT2D eigenvalue weighted by Crippen LogP contribution is 2.76. The van der Waals surface area contributed by atoms with Crippen LogP contribution in [-0.2, 0) is 12.3 Å².